The van der Waals surface area contributed by atoms with Crippen molar-refractivity contribution in [1.29, 1.82) is 0 Å². The van der Waals surface area contributed by atoms with Crippen molar-refractivity contribution in [1.82, 2.24) is 24.1 Å². The lowest BCUT2D eigenvalue weighted by molar-refractivity contribution is 0.0457. The standard InChI is InChI=1S/C23H22N6O2/c1-4-23(7-10-31-11-8-23)29-20-19(28(3)22(29)30)14-25-21(27-20)26-17-13-16-6-5-9-24-18(16)12-15(17)2/h1,5-6,9,12-14H,7-8,10-11H2,2-3H3,(H,25,26,27). The smallest absolute Gasteiger partial charge is 0.331 e. The van der Waals surface area contributed by atoms with E-state index in [9.17, 15) is 4.79 Å². The van der Waals surface area contributed by atoms with Crippen LogP contribution in [0.15, 0.2) is 41.5 Å². The van der Waals surface area contributed by atoms with E-state index in [-0.39, 0.29) is 5.69 Å². The molecule has 1 N–H and O–H groups in total. The molecule has 8 nitrogen and oxygen atoms in total. The molecule has 0 unspecified atom stereocenters. The van der Waals surface area contributed by atoms with Crippen molar-refractivity contribution in [2.24, 2.45) is 7.05 Å². The van der Waals surface area contributed by atoms with Crippen LogP contribution in [0, 0.1) is 19.3 Å². The molecule has 156 valence electrons. The number of aromatic nitrogens is 5. The van der Waals surface area contributed by atoms with Gasteiger partial charge in [-0.1, -0.05) is 12.0 Å². The molecular weight excluding hydrogens is 392 g/mol. The zero-order chi connectivity index (χ0) is 21.6. The van der Waals surface area contributed by atoms with E-state index in [0.717, 1.165) is 22.2 Å². The third-order valence-corrected chi connectivity index (χ3v) is 6.01. The number of ether oxygens (including phenoxy) is 1. The molecule has 0 spiro atoms. The summed E-state index contributed by atoms with van der Waals surface area (Å²) in [7, 11) is 1.71. The van der Waals surface area contributed by atoms with E-state index in [4.69, 9.17) is 16.1 Å². The highest BCUT2D eigenvalue weighted by atomic mass is 16.5. The Morgan fingerprint density at radius 2 is 2.06 bits per heavy atom. The number of aryl methyl sites for hydroxylation is 2. The lowest BCUT2D eigenvalue weighted by Gasteiger charge is -2.33. The maximum atomic E-state index is 13.1. The summed E-state index contributed by atoms with van der Waals surface area (Å²) < 4.78 is 8.67. The van der Waals surface area contributed by atoms with Crippen LogP contribution >= 0.6 is 0 Å². The van der Waals surface area contributed by atoms with Crippen molar-refractivity contribution in [2.45, 2.75) is 25.3 Å². The zero-order valence-corrected chi connectivity index (χ0v) is 17.4. The number of hydrogen-bond donors (Lipinski definition) is 1. The molecule has 4 heterocycles. The number of hydrogen-bond acceptors (Lipinski definition) is 6. The zero-order valence-electron chi connectivity index (χ0n) is 17.4. The van der Waals surface area contributed by atoms with E-state index in [1.807, 2.05) is 31.2 Å². The van der Waals surface area contributed by atoms with Gasteiger partial charge in [-0.2, -0.15) is 4.98 Å². The molecule has 0 atom stereocenters. The van der Waals surface area contributed by atoms with E-state index < -0.39 is 5.54 Å². The normalized spacial score (nSPS) is 15.8. The second-order valence-electron chi connectivity index (χ2n) is 7.86. The molecule has 1 fully saturated rings. The van der Waals surface area contributed by atoms with Crippen molar-refractivity contribution >= 4 is 33.7 Å². The summed E-state index contributed by atoms with van der Waals surface area (Å²) in [4.78, 5) is 26.7. The summed E-state index contributed by atoms with van der Waals surface area (Å²) >= 11 is 0. The van der Waals surface area contributed by atoms with Crippen molar-refractivity contribution in [3.63, 3.8) is 0 Å². The maximum absolute atomic E-state index is 13.1. The van der Waals surface area contributed by atoms with Gasteiger partial charge in [-0.25, -0.2) is 9.78 Å². The summed E-state index contributed by atoms with van der Waals surface area (Å²) in [6, 6.07) is 7.95. The molecule has 0 aliphatic carbocycles. The first-order valence-electron chi connectivity index (χ1n) is 10.2. The number of benzene rings is 1. The second kappa shape index (κ2) is 7.22. The van der Waals surface area contributed by atoms with Gasteiger partial charge in [0, 0.05) is 50.4 Å². The average Bonchev–Trinajstić information content (AvgIpc) is 3.04. The molecule has 0 bridgehead atoms. The lowest BCUT2D eigenvalue weighted by atomic mass is 9.91. The molecule has 8 heteroatoms. The molecule has 0 saturated carbocycles. The largest absolute Gasteiger partial charge is 0.381 e. The quantitative estimate of drug-likeness (QED) is 0.519. The van der Waals surface area contributed by atoms with Gasteiger partial charge in [-0.05, 0) is 30.7 Å². The van der Waals surface area contributed by atoms with Crippen LogP contribution < -0.4 is 11.0 Å². The fraction of sp³-hybridized carbons (Fsp3) is 0.304. The first-order valence-corrected chi connectivity index (χ1v) is 10.2. The van der Waals surface area contributed by atoms with Crippen molar-refractivity contribution in [2.75, 3.05) is 18.5 Å². The van der Waals surface area contributed by atoms with Crippen molar-refractivity contribution in [3.05, 3.63) is 52.7 Å². The molecule has 1 saturated heterocycles. The Morgan fingerprint density at radius 3 is 2.84 bits per heavy atom. The van der Waals surface area contributed by atoms with E-state index >= 15 is 0 Å². The van der Waals surface area contributed by atoms with Crippen LogP contribution in [0.5, 0.6) is 0 Å². The molecule has 0 amide bonds. The van der Waals surface area contributed by atoms with Gasteiger partial charge in [-0.15, -0.1) is 6.42 Å². The highest BCUT2D eigenvalue weighted by Gasteiger charge is 2.36. The lowest BCUT2D eigenvalue weighted by Crippen LogP contribution is -2.44. The van der Waals surface area contributed by atoms with E-state index in [2.05, 4.69) is 21.2 Å². The predicted molar refractivity (Wildman–Crippen MR) is 119 cm³/mol. The monoisotopic (exact) mass is 414 g/mol. The molecule has 4 aromatic rings. The Morgan fingerprint density at radius 1 is 1.26 bits per heavy atom. The number of fused-ring (bicyclic) bond motifs is 2. The number of anilines is 2. The Bertz CT molecular complexity index is 1410. The third-order valence-electron chi connectivity index (χ3n) is 6.01. The Labute approximate surface area is 178 Å². The number of rotatable bonds is 3. The Balaban J connectivity index is 1.63. The summed E-state index contributed by atoms with van der Waals surface area (Å²) in [6.07, 6.45) is 10.5. The Hall–Kier alpha value is -3.70. The van der Waals surface area contributed by atoms with Gasteiger partial charge in [-0.3, -0.25) is 14.1 Å². The van der Waals surface area contributed by atoms with Crippen LogP contribution in [-0.2, 0) is 17.3 Å². The van der Waals surface area contributed by atoms with Gasteiger partial charge in [0.15, 0.2) is 5.65 Å². The summed E-state index contributed by atoms with van der Waals surface area (Å²) in [5.74, 6) is 3.26. The predicted octanol–water partition coefficient (Wildman–Crippen LogP) is 2.87. The van der Waals surface area contributed by atoms with Gasteiger partial charge in [0.1, 0.15) is 11.1 Å². The fourth-order valence-corrected chi connectivity index (χ4v) is 4.18. The van der Waals surface area contributed by atoms with Crippen LogP contribution in [0.1, 0.15) is 18.4 Å². The van der Waals surface area contributed by atoms with Crippen LogP contribution in [0.4, 0.5) is 11.6 Å². The minimum absolute atomic E-state index is 0.200. The molecule has 1 aromatic carbocycles. The highest BCUT2D eigenvalue weighted by Crippen LogP contribution is 2.31. The van der Waals surface area contributed by atoms with Crippen LogP contribution in [0.3, 0.4) is 0 Å². The van der Waals surface area contributed by atoms with Crippen LogP contribution in [0.25, 0.3) is 22.1 Å². The van der Waals surface area contributed by atoms with Crippen LogP contribution in [0.2, 0.25) is 0 Å². The van der Waals surface area contributed by atoms with Crippen molar-refractivity contribution in [3.8, 4) is 12.3 Å². The topological polar surface area (TPSA) is 86.9 Å². The van der Waals surface area contributed by atoms with Gasteiger partial charge in [0.05, 0.1) is 11.7 Å². The molecule has 1 aliphatic rings. The van der Waals surface area contributed by atoms with Gasteiger partial charge < -0.3 is 10.1 Å². The van der Waals surface area contributed by atoms with Gasteiger partial charge in [0.25, 0.3) is 0 Å². The van der Waals surface area contributed by atoms with E-state index in [0.29, 0.717) is 43.2 Å². The number of nitrogens with zero attached hydrogens (tertiary/aromatic N) is 5. The minimum atomic E-state index is -0.759. The number of imidazole rings is 1. The summed E-state index contributed by atoms with van der Waals surface area (Å²) in [6.45, 7) is 3.02. The number of pyridine rings is 1. The molecule has 31 heavy (non-hydrogen) atoms. The van der Waals surface area contributed by atoms with E-state index in [1.54, 1.807) is 28.6 Å². The first kappa shape index (κ1) is 19.3. The van der Waals surface area contributed by atoms with Crippen molar-refractivity contribution < 1.29 is 4.74 Å². The first-order chi connectivity index (χ1) is 15.0. The average molecular weight is 414 g/mol. The molecule has 0 radical (unpaired) electrons. The van der Waals surface area contributed by atoms with Crippen LogP contribution in [-0.4, -0.2) is 37.3 Å². The third kappa shape index (κ3) is 3.05. The van der Waals surface area contributed by atoms with E-state index in [1.165, 1.54) is 0 Å². The second-order valence-corrected chi connectivity index (χ2v) is 7.86. The molecule has 3 aromatic heterocycles. The molecular formula is C23H22N6O2. The summed E-state index contributed by atoms with van der Waals surface area (Å²) in [5.41, 5.74) is 3.02. The maximum Gasteiger partial charge on any atom is 0.331 e. The van der Waals surface area contributed by atoms with Gasteiger partial charge in [0.2, 0.25) is 5.95 Å². The highest BCUT2D eigenvalue weighted by molar-refractivity contribution is 5.85. The minimum Gasteiger partial charge on any atom is -0.381 e. The SMILES string of the molecule is C#CC1(n2c(=O)n(C)c3cnc(Nc4cc5cccnc5cc4C)nc32)CCOCC1. The number of nitrogens with one attached hydrogen (secondary N) is 1. The van der Waals surface area contributed by atoms with Gasteiger partial charge >= 0.3 is 5.69 Å². The number of terminal acetylenes is 1. The molecule has 1 aliphatic heterocycles. The summed E-state index contributed by atoms with van der Waals surface area (Å²) in [5, 5.41) is 4.31. The molecule has 5 rings (SSSR count). The Kier molecular flexibility index (Phi) is 4.49. The fourth-order valence-electron chi connectivity index (χ4n) is 4.18.